The molecule has 0 aromatic heterocycles. The van der Waals surface area contributed by atoms with Crippen LogP contribution in [0.4, 0.5) is 5.69 Å². The van der Waals surface area contributed by atoms with Gasteiger partial charge in [-0.25, -0.2) is 0 Å². The number of likely N-dealkylation sites (N-methyl/N-ethyl adjacent to an activating group) is 2. The zero-order valence-electron chi connectivity index (χ0n) is 20.7. The maximum atomic E-state index is 14.3. The van der Waals surface area contributed by atoms with Crippen LogP contribution in [0.25, 0.3) is 11.1 Å². The molecule has 1 N–H and O–H groups in total. The lowest BCUT2D eigenvalue weighted by Gasteiger charge is -2.36. The van der Waals surface area contributed by atoms with Gasteiger partial charge in [-0.05, 0) is 55.8 Å². The topological polar surface area (TPSA) is 69.0 Å². The Morgan fingerprint density at radius 1 is 1.06 bits per heavy atom. The highest BCUT2D eigenvalue weighted by molar-refractivity contribution is 6.37. The number of halogens is 2. The summed E-state index contributed by atoms with van der Waals surface area (Å²) in [6, 6.07) is 7.19. The second-order valence-corrected chi connectivity index (χ2v) is 10.3. The van der Waals surface area contributed by atoms with Crippen molar-refractivity contribution in [1.29, 1.82) is 0 Å². The fraction of sp³-hybridized carbons (Fsp3) is 0.407. The number of nitrogens with one attached hydrogen (secondary N) is 1. The van der Waals surface area contributed by atoms with Gasteiger partial charge in [-0.15, -0.1) is 0 Å². The molecular formula is C27H30Cl2N4O3. The van der Waals surface area contributed by atoms with Crippen molar-refractivity contribution in [3.8, 4) is 11.1 Å². The van der Waals surface area contributed by atoms with Gasteiger partial charge >= 0.3 is 0 Å². The van der Waals surface area contributed by atoms with Crippen LogP contribution in [0.15, 0.2) is 41.2 Å². The lowest BCUT2D eigenvalue weighted by atomic mass is 9.80. The number of carbonyl (C=O) groups is 2. The molecule has 2 amide bonds. The molecule has 1 fully saturated rings. The molecule has 1 aromatic carbocycles. The van der Waals surface area contributed by atoms with Crippen LogP contribution < -0.4 is 10.2 Å². The SMILES string of the molecule is CCN1CCN(CC(=O)NC2(c3c(C)cc4coccc3-4)C(=O)N(CC)c3cc(Cl)cc(Cl)c32)CC1. The second kappa shape index (κ2) is 9.71. The largest absolute Gasteiger partial charge is 0.472 e. The molecule has 190 valence electrons. The summed E-state index contributed by atoms with van der Waals surface area (Å²) < 4.78 is 5.39. The monoisotopic (exact) mass is 528 g/mol. The van der Waals surface area contributed by atoms with Crippen molar-refractivity contribution in [2.75, 3.05) is 50.7 Å². The van der Waals surface area contributed by atoms with E-state index in [0.29, 0.717) is 33.4 Å². The molecule has 1 saturated heterocycles. The van der Waals surface area contributed by atoms with E-state index in [-0.39, 0.29) is 18.4 Å². The number of rotatable bonds is 6. The van der Waals surface area contributed by atoms with Crippen molar-refractivity contribution in [2.45, 2.75) is 26.3 Å². The molecule has 0 saturated carbocycles. The number of anilines is 1. The summed E-state index contributed by atoms with van der Waals surface area (Å²) in [6.07, 6.45) is 3.23. The molecule has 1 unspecified atom stereocenters. The first-order valence-electron chi connectivity index (χ1n) is 12.3. The average molecular weight is 529 g/mol. The van der Waals surface area contributed by atoms with E-state index in [1.807, 2.05) is 26.0 Å². The maximum Gasteiger partial charge on any atom is 0.262 e. The Morgan fingerprint density at radius 3 is 2.47 bits per heavy atom. The maximum absolute atomic E-state index is 14.3. The molecule has 5 rings (SSSR count). The first kappa shape index (κ1) is 25.1. The zero-order chi connectivity index (χ0) is 25.6. The predicted octanol–water partition coefficient (Wildman–Crippen LogP) is 4.36. The van der Waals surface area contributed by atoms with E-state index in [0.717, 1.165) is 49.4 Å². The van der Waals surface area contributed by atoms with E-state index in [2.05, 4.69) is 22.0 Å². The predicted molar refractivity (Wildman–Crippen MR) is 142 cm³/mol. The van der Waals surface area contributed by atoms with Gasteiger partial charge in [-0.1, -0.05) is 30.1 Å². The Labute approximate surface area is 221 Å². The number of aryl methyl sites for hydroxylation is 1. The summed E-state index contributed by atoms with van der Waals surface area (Å²) in [7, 11) is 0. The lowest BCUT2D eigenvalue weighted by Crippen LogP contribution is -2.57. The van der Waals surface area contributed by atoms with Crippen molar-refractivity contribution in [3.63, 3.8) is 0 Å². The first-order valence-corrected chi connectivity index (χ1v) is 13.1. The minimum Gasteiger partial charge on any atom is -0.472 e. The summed E-state index contributed by atoms with van der Waals surface area (Å²) in [5.74, 6) is -0.470. The minimum absolute atomic E-state index is 0.201. The average Bonchev–Trinajstić information content (AvgIpc) is 3.30. The number of hydrogen-bond donors (Lipinski definition) is 1. The van der Waals surface area contributed by atoms with Gasteiger partial charge in [-0.3, -0.25) is 14.5 Å². The number of benzene rings is 1. The summed E-state index contributed by atoms with van der Waals surface area (Å²) >= 11 is 13.2. The van der Waals surface area contributed by atoms with Gasteiger partial charge in [0.05, 0.1) is 29.8 Å². The van der Waals surface area contributed by atoms with Gasteiger partial charge in [0.2, 0.25) is 5.91 Å². The molecule has 1 aromatic rings. The van der Waals surface area contributed by atoms with Crippen molar-refractivity contribution >= 4 is 40.7 Å². The Morgan fingerprint density at radius 2 is 1.78 bits per heavy atom. The van der Waals surface area contributed by atoms with Crippen molar-refractivity contribution in [2.24, 2.45) is 0 Å². The lowest BCUT2D eigenvalue weighted by molar-refractivity contribution is -0.130. The molecule has 36 heavy (non-hydrogen) atoms. The zero-order valence-corrected chi connectivity index (χ0v) is 22.2. The highest BCUT2D eigenvalue weighted by atomic mass is 35.5. The summed E-state index contributed by atoms with van der Waals surface area (Å²) in [6.45, 7) is 11.0. The van der Waals surface area contributed by atoms with Gasteiger partial charge < -0.3 is 19.5 Å². The van der Waals surface area contributed by atoms with Crippen LogP contribution in [0.5, 0.6) is 0 Å². The van der Waals surface area contributed by atoms with Gasteiger partial charge in [0.1, 0.15) is 0 Å². The normalized spacial score (nSPS) is 20.8. The van der Waals surface area contributed by atoms with Crippen LogP contribution in [0.2, 0.25) is 10.0 Å². The number of nitrogens with zero attached hydrogens (tertiary/aromatic N) is 3. The molecule has 1 atom stereocenters. The molecule has 1 aliphatic carbocycles. The molecule has 3 aliphatic heterocycles. The molecule has 4 aliphatic rings. The van der Waals surface area contributed by atoms with Crippen LogP contribution in [-0.4, -0.2) is 67.4 Å². The van der Waals surface area contributed by atoms with Gasteiger partial charge in [0.25, 0.3) is 5.91 Å². The Balaban J connectivity index is 1.63. The molecule has 3 heterocycles. The van der Waals surface area contributed by atoms with E-state index in [4.69, 9.17) is 27.6 Å². The van der Waals surface area contributed by atoms with E-state index >= 15 is 0 Å². The quantitative estimate of drug-likeness (QED) is 0.514. The third-order valence-corrected chi connectivity index (χ3v) is 7.93. The van der Waals surface area contributed by atoms with Crippen LogP contribution >= 0.6 is 23.2 Å². The Kier molecular flexibility index (Phi) is 6.76. The Hall–Kier alpha value is -2.58. The van der Waals surface area contributed by atoms with Crippen molar-refractivity contribution in [1.82, 2.24) is 15.1 Å². The highest BCUT2D eigenvalue weighted by Crippen LogP contribution is 2.52. The standard InChI is InChI=1S/C27H30Cl2N4O3/c1-4-31-7-9-32(10-8-31)15-23(34)30-27(24-17(3)12-18-16-36-11-6-20(18)24)25-21(29)13-19(28)14-22(25)33(5-2)26(27)35/h6,11-14,16H,4-5,7-10,15H2,1-3H3,(H,30,34). The number of piperazine rings is 1. The van der Waals surface area contributed by atoms with Crippen molar-refractivity contribution in [3.05, 3.63) is 63.5 Å². The van der Waals surface area contributed by atoms with Gasteiger partial charge in [-0.2, -0.15) is 0 Å². The van der Waals surface area contributed by atoms with Crippen LogP contribution in [0, 0.1) is 6.92 Å². The van der Waals surface area contributed by atoms with E-state index in [1.54, 1.807) is 29.6 Å². The van der Waals surface area contributed by atoms with Crippen LogP contribution in [0.1, 0.15) is 30.5 Å². The van der Waals surface area contributed by atoms with E-state index < -0.39 is 5.54 Å². The van der Waals surface area contributed by atoms with E-state index in [1.165, 1.54) is 0 Å². The number of hydrogen-bond acceptors (Lipinski definition) is 5. The third-order valence-electron chi connectivity index (χ3n) is 7.42. The molecule has 0 spiro atoms. The Bertz CT molecular complexity index is 1280. The van der Waals surface area contributed by atoms with Gasteiger partial charge in [0, 0.05) is 54.4 Å². The second-order valence-electron chi connectivity index (χ2n) is 9.47. The molecule has 0 radical (unpaired) electrons. The van der Waals surface area contributed by atoms with Crippen LogP contribution in [0.3, 0.4) is 0 Å². The molecule has 7 nitrogen and oxygen atoms in total. The smallest absolute Gasteiger partial charge is 0.262 e. The highest BCUT2D eigenvalue weighted by Gasteiger charge is 2.56. The summed E-state index contributed by atoms with van der Waals surface area (Å²) in [4.78, 5) is 34.2. The van der Waals surface area contributed by atoms with Crippen LogP contribution in [-0.2, 0) is 15.1 Å². The number of carbonyl (C=O) groups excluding carboxylic acids is 2. The number of amides is 2. The third kappa shape index (κ3) is 3.98. The summed E-state index contributed by atoms with van der Waals surface area (Å²) in [5.41, 5.74) is 2.95. The summed E-state index contributed by atoms with van der Waals surface area (Å²) in [5, 5.41) is 3.96. The fourth-order valence-corrected chi connectivity index (χ4v) is 6.36. The number of fused-ring (bicyclic) bond motifs is 2. The van der Waals surface area contributed by atoms with Crippen molar-refractivity contribution < 1.29 is 14.0 Å². The minimum atomic E-state index is -1.48. The fourth-order valence-electron chi connectivity index (χ4n) is 5.74. The van der Waals surface area contributed by atoms with E-state index in [9.17, 15) is 9.59 Å². The first-order chi connectivity index (χ1) is 17.3. The molecule has 0 bridgehead atoms. The molecule has 9 heteroatoms. The van der Waals surface area contributed by atoms with Gasteiger partial charge in [0.15, 0.2) is 5.54 Å². The molecular weight excluding hydrogens is 499 g/mol.